The molecule has 6 nitrogen and oxygen atoms in total. The number of amides is 1. The molecule has 1 aromatic rings. The molecule has 0 aromatic carbocycles. The normalized spacial score (nSPS) is 24.8. The number of carbonyl (C=O) groups is 1. The molecule has 0 unspecified atom stereocenters. The number of carbonyl (C=O) groups excluding carboxylic acids is 1. The first-order chi connectivity index (χ1) is 7.58. The van der Waals surface area contributed by atoms with Crippen LogP contribution in [-0.2, 0) is 0 Å². The zero-order valence-corrected chi connectivity index (χ0v) is 8.45. The van der Waals surface area contributed by atoms with E-state index in [0.29, 0.717) is 0 Å². The van der Waals surface area contributed by atoms with Crippen molar-refractivity contribution in [1.82, 2.24) is 9.88 Å². The van der Waals surface area contributed by atoms with Crippen molar-refractivity contribution < 1.29 is 20.1 Å². The van der Waals surface area contributed by atoms with Crippen LogP contribution in [0, 0.1) is 0 Å². The van der Waals surface area contributed by atoms with Gasteiger partial charge in [0.2, 0.25) is 0 Å². The van der Waals surface area contributed by atoms with Gasteiger partial charge in [-0.1, -0.05) is 0 Å². The second kappa shape index (κ2) is 4.07. The molecule has 0 saturated carbocycles. The lowest BCUT2D eigenvalue weighted by molar-refractivity contribution is 0.0572. The number of aliphatic hydroxyl groups excluding tert-OH is 2. The van der Waals surface area contributed by atoms with E-state index in [1.54, 1.807) is 0 Å². The molecule has 1 aromatic heterocycles. The minimum absolute atomic E-state index is 0.0915. The topological polar surface area (TPSA) is 93.9 Å². The molecule has 2 heterocycles. The maximum Gasteiger partial charge on any atom is 0.255 e. The molecule has 1 aliphatic heterocycles. The van der Waals surface area contributed by atoms with Crippen molar-refractivity contribution in [3.05, 3.63) is 24.0 Å². The first-order valence-corrected chi connectivity index (χ1v) is 4.87. The Morgan fingerprint density at radius 3 is 2.50 bits per heavy atom. The lowest BCUT2D eigenvalue weighted by Crippen LogP contribution is -2.29. The molecule has 3 N–H and O–H groups in total. The van der Waals surface area contributed by atoms with E-state index in [9.17, 15) is 20.1 Å². The molecule has 16 heavy (non-hydrogen) atoms. The van der Waals surface area contributed by atoms with Crippen molar-refractivity contribution in [3.8, 4) is 5.75 Å². The van der Waals surface area contributed by atoms with Crippen LogP contribution in [0.5, 0.6) is 5.75 Å². The molecule has 2 rings (SSSR count). The van der Waals surface area contributed by atoms with Crippen LogP contribution >= 0.6 is 0 Å². The van der Waals surface area contributed by atoms with Crippen molar-refractivity contribution in [2.24, 2.45) is 0 Å². The number of rotatable bonds is 1. The molecule has 0 spiro atoms. The number of aromatic hydroxyl groups is 1. The highest BCUT2D eigenvalue weighted by Crippen LogP contribution is 2.16. The van der Waals surface area contributed by atoms with E-state index in [1.807, 2.05) is 0 Å². The van der Waals surface area contributed by atoms with Gasteiger partial charge in [-0.3, -0.25) is 9.78 Å². The average Bonchev–Trinajstić information content (AvgIpc) is 2.58. The van der Waals surface area contributed by atoms with E-state index in [2.05, 4.69) is 4.98 Å². The van der Waals surface area contributed by atoms with Crippen molar-refractivity contribution in [3.63, 3.8) is 0 Å². The largest absolute Gasteiger partial charge is 0.506 e. The Bertz CT molecular complexity index is 400. The highest BCUT2D eigenvalue weighted by molar-refractivity contribution is 5.94. The van der Waals surface area contributed by atoms with E-state index >= 15 is 0 Å². The zero-order valence-electron chi connectivity index (χ0n) is 8.45. The third-order valence-corrected chi connectivity index (χ3v) is 2.52. The Hall–Kier alpha value is -1.66. The van der Waals surface area contributed by atoms with Gasteiger partial charge >= 0.3 is 0 Å². The van der Waals surface area contributed by atoms with Gasteiger partial charge in [0, 0.05) is 19.3 Å². The van der Waals surface area contributed by atoms with Crippen molar-refractivity contribution in [2.45, 2.75) is 12.2 Å². The monoisotopic (exact) mass is 224 g/mol. The summed E-state index contributed by atoms with van der Waals surface area (Å²) in [5.41, 5.74) is 0.237. The average molecular weight is 224 g/mol. The van der Waals surface area contributed by atoms with Gasteiger partial charge in [0.15, 0.2) is 0 Å². The molecule has 0 aliphatic carbocycles. The molecule has 0 bridgehead atoms. The molecule has 1 aliphatic rings. The quantitative estimate of drug-likeness (QED) is 0.566. The van der Waals surface area contributed by atoms with Gasteiger partial charge in [-0.2, -0.15) is 0 Å². The summed E-state index contributed by atoms with van der Waals surface area (Å²) < 4.78 is 0. The maximum absolute atomic E-state index is 11.8. The van der Waals surface area contributed by atoms with Crippen LogP contribution in [0.1, 0.15) is 10.4 Å². The second-order valence-electron chi connectivity index (χ2n) is 3.78. The number of pyridine rings is 1. The summed E-state index contributed by atoms with van der Waals surface area (Å²) in [7, 11) is 0. The Balaban J connectivity index is 2.14. The van der Waals surface area contributed by atoms with E-state index < -0.39 is 12.2 Å². The van der Waals surface area contributed by atoms with E-state index in [-0.39, 0.29) is 30.3 Å². The van der Waals surface area contributed by atoms with Crippen LogP contribution in [0.3, 0.4) is 0 Å². The highest BCUT2D eigenvalue weighted by atomic mass is 16.3. The first kappa shape index (κ1) is 10.8. The lowest BCUT2D eigenvalue weighted by Gasteiger charge is -2.14. The second-order valence-corrected chi connectivity index (χ2v) is 3.78. The van der Waals surface area contributed by atoms with Crippen LogP contribution in [0.15, 0.2) is 18.5 Å². The molecule has 86 valence electrons. The van der Waals surface area contributed by atoms with Crippen molar-refractivity contribution >= 4 is 5.91 Å². The Kier molecular flexibility index (Phi) is 2.76. The molecule has 2 atom stereocenters. The third kappa shape index (κ3) is 1.98. The SMILES string of the molecule is O=C(c1cncc(O)c1)N1C[C@@H](O)[C@@H](O)C1. The number of aliphatic hydroxyl groups is 2. The first-order valence-electron chi connectivity index (χ1n) is 4.87. The van der Waals surface area contributed by atoms with Gasteiger partial charge in [0.25, 0.3) is 5.91 Å². The van der Waals surface area contributed by atoms with Crippen LogP contribution in [-0.4, -0.2) is 56.4 Å². The van der Waals surface area contributed by atoms with Gasteiger partial charge in [-0.25, -0.2) is 0 Å². The van der Waals surface area contributed by atoms with Crippen molar-refractivity contribution in [2.75, 3.05) is 13.1 Å². The predicted octanol–water partition coefficient (Wildman–Crippen LogP) is -1.04. The Morgan fingerprint density at radius 2 is 1.94 bits per heavy atom. The molecule has 1 saturated heterocycles. The Labute approximate surface area is 91.8 Å². The van der Waals surface area contributed by atoms with E-state index in [1.165, 1.54) is 23.4 Å². The molecular formula is C10H12N2O4. The van der Waals surface area contributed by atoms with Gasteiger partial charge in [-0.05, 0) is 6.07 Å². The van der Waals surface area contributed by atoms with Gasteiger partial charge < -0.3 is 20.2 Å². The predicted molar refractivity (Wildman–Crippen MR) is 53.8 cm³/mol. The lowest BCUT2D eigenvalue weighted by atomic mass is 10.2. The number of nitrogens with zero attached hydrogens (tertiary/aromatic N) is 2. The number of likely N-dealkylation sites (tertiary alicyclic amines) is 1. The molecule has 1 fully saturated rings. The smallest absolute Gasteiger partial charge is 0.255 e. The van der Waals surface area contributed by atoms with Gasteiger partial charge in [0.1, 0.15) is 5.75 Å². The third-order valence-electron chi connectivity index (χ3n) is 2.52. The summed E-state index contributed by atoms with van der Waals surface area (Å²) in [5.74, 6) is -0.454. The van der Waals surface area contributed by atoms with Crippen LogP contribution in [0.4, 0.5) is 0 Å². The Morgan fingerprint density at radius 1 is 1.31 bits per heavy atom. The number of aromatic nitrogens is 1. The summed E-state index contributed by atoms with van der Waals surface area (Å²) in [6.45, 7) is 0.186. The molecule has 1 amide bonds. The minimum Gasteiger partial charge on any atom is -0.506 e. The fourth-order valence-electron chi connectivity index (χ4n) is 1.66. The summed E-state index contributed by atoms with van der Waals surface area (Å²) in [5, 5.41) is 27.8. The number of hydrogen-bond donors (Lipinski definition) is 3. The molecular weight excluding hydrogens is 212 g/mol. The summed E-state index contributed by atoms with van der Waals surface area (Å²) in [6, 6.07) is 1.30. The number of hydrogen-bond acceptors (Lipinski definition) is 5. The van der Waals surface area contributed by atoms with Crippen LogP contribution in [0.2, 0.25) is 0 Å². The number of β-amino-alcohol motifs (C(OH)–C–C–N with tert-alkyl or cyclic N) is 2. The highest BCUT2D eigenvalue weighted by Gasteiger charge is 2.33. The van der Waals surface area contributed by atoms with Crippen LogP contribution < -0.4 is 0 Å². The summed E-state index contributed by atoms with van der Waals surface area (Å²) in [6.07, 6.45) is 0.743. The van der Waals surface area contributed by atoms with Gasteiger partial charge in [-0.15, -0.1) is 0 Å². The van der Waals surface area contributed by atoms with Gasteiger partial charge in [0.05, 0.1) is 24.0 Å². The fraction of sp³-hybridized carbons (Fsp3) is 0.400. The standard InChI is InChI=1S/C10H12N2O4/c13-7-1-6(2-11-3-7)10(16)12-4-8(14)9(15)5-12/h1-3,8-9,13-15H,4-5H2/t8-,9+. The zero-order chi connectivity index (χ0) is 11.7. The maximum atomic E-state index is 11.8. The fourth-order valence-corrected chi connectivity index (χ4v) is 1.66. The molecule has 6 heteroatoms. The molecule has 0 radical (unpaired) electrons. The summed E-state index contributed by atoms with van der Waals surface area (Å²) >= 11 is 0. The van der Waals surface area contributed by atoms with E-state index in [4.69, 9.17) is 0 Å². The van der Waals surface area contributed by atoms with Crippen LogP contribution in [0.25, 0.3) is 0 Å². The minimum atomic E-state index is -0.908. The summed E-state index contributed by atoms with van der Waals surface area (Å²) in [4.78, 5) is 16.9. The van der Waals surface area contributed by atoms with E-state index in [0.717, 1.165) is 0 Å². The van der Waals surface area contributed by atoms with Crippen molar-refractivity contribution in [1.29, 1.82) is 0 Å².